The van der Waals surface area contributed by atoms with Crippen LogP contribution in [-0.2, 0) is 5.41 Å². The zero-order valence-corrected chi connectivity index (χ0v) is 15.2. The fraction of sp³-hybridized carbons (Fsp3) is 0.500. The van der Waals surface area contributed by atoms with Gasteiger partial charge in [0.05, 0.1) is 0 Å². The molecule has 1 aromatic rings. The second kappa shape index (κ2) is 6.36. The van der Waals surface area contributed by atoms with Gasteiger partial charge in [-0.05, 0) is 47.4 Å². The topological polar surface area (TPSA) is 38.3 Å². The minimum Gasteiger partial charge on any atom is -0.489 e. The molecular formula is C22H27NO2. The van der Waals surface area contributed by atoms with Gasteiger partial charge in [0.2, 0.25) is 0 Å². The number of ether oxygens (including phenoxy) is 1. The zero-order valence-electron chi connectivity index (χ0n) is 15.2. The Hall–Kier alpha value is -2.03. The molecule has 3 nitrogen and oxygen atoms in total. The van der Waals surface area contributed by atoms with Crippen LogP contribution in [0.3, 0.4) is 0 Å². The summed E-state index contributed by atoms with van der Waals surface area (Å²) in [5.41, 5.74) is 3.37. The largest absolute Gasteiger partial charge is 0.489 e. The molecule has 3 heteroatoms. The molecule has 4 rings (SSSR count). The van der Waals surface area contributed by atoms with Crippen LogP contribution in [0.5, 0.6) is 5.75 Å². The highest BCUT2D eigenvalue weighted by molar-refractivity contribution is 5.99. The van der Waals surface area contributed by atoms with Crippen LogP contribution in [0.25, 0.3) is 0 Å². The predicted molar refractivity (Wildman–Crippen MR) is 100.0 cm³/mol. The Morgan fingerprint density at radius 1 is 1.36 bits per heavy atom. The van der Waals surface area contributed by atoms with Crippen LogP contribution in [0.4, 0.5) is 0 Å². The van der Waals surface area contributed by atoms with Crippen molar-refractivity contribution in [1.29, 1.82) is 0 Å². The van der Waals surface area contributed by atoms with Crippen LogP contribution in [0.2, 0.25) is 0 Å². The summed E-state index contributed by atoms with van der Waals surface area (Å²) in [6, 6.07) is 6.07. The summed E-state index contributed by atoms with van der Waals surface area (Å²) in [6.07, 6.45) is 10.6. The maximum absolute atomic E-state index is 12.7. The molecule has 25 heavy (non-hydrogen) atoms. The summed E-state index contributed by atoms with van der Waals surface area (Å²) in [6.45, 7) is 6.10. The molecule has 1 aliphatic heterocycles. The number of nitrogens with one attached hydrogen (secondary N) is 1. The third kappa shape index (κ3) is 2.90. The van der Waals surface area contributed by atoms with Gasteiger partial charge in [0.15, 0.2) is 5.78 Å². The number of carbonyl (C=O) groups is 1. The van der Waals surface area contributed by atoms with Gasteiger partial charge in [-0.3, -0.25) is 4.79 Å². The van der Waals surface area contributed by atoms with Crippen molar-refractivity contribution in [3.63, 3.8) is 0 Å². The van der Waals surface area contributed by atoms with Crippen molar-refractivity contribution in [2.24, 2.45) is 11.8 Å². The Bertz CT molecular complexity index is 748. The molecule has 0 radical (unpaired) electrons. The maximum Gasteiger partial charge on any atom is 0.163 e. The molecule has 1 aromatic carbocycles. The molecule has 2 unspecified atom stereocenters. The van der Waals surface area contributed by atoms with Gasteiger partial charge in [-0.1, -0.05) is 38.8 Å². The van der Waals surface area contributed by atoms with Crippen molar-refractivity contribution in [2.45, 2.75) is 44.9 Å². The highest BCUT2D eigenvalue weighted by Crippen LogP contribution is 2.52. The van der Waals surface area contributed by atoms with Crippen molar-refractivity contribution < 1.29 is 9.53 Å². The Morgan fingerprint density at radius 2 is 2.24 bits per heavy atom. The van der Waals surface area contributed by atoms with Gasteiger partial charge in [0.1, 0.15) is 12.4 Å². The van der Waals surface area contributed by atoms with Gasteiger partial charge in [-0.25, -0.2) is 0 Å². The lowest BCUT2D eigenvalue weighted by Gasteiger charge is -2.49. The minimum absolute atomic E-state index is 0.103. The second-order valence-corrected chi connectivity index (χ2v) is 8.05. The van der Waals surface area contributed by atoms with Gasteiger partial charge < -0.3 is 10.1 Å². The normalized spacial score (nSPS) is 30.8. The smallest absolute Gasteiger partial charge is 0.163 e. The van der Waals surface area contributed by atoms with Crippen molar-refractivity contribution >= 4 is 5.78 Å². The lowest BCUT2D eigenvalue weighted by molar-refractivity contribution is 0.0755. The third-order valence-corrected chi connectivity index (χ3v) is 6.43. The molecule has 1 fully saturated rings. The van der Waals surface area contributed by atoms with E-state index >= 15 is 0 Å². The lowest BCUT2D eigenvalue weighted by Crippen LogP contribution is -2.45. The van der Waals surface area contributed by atoms with Crippen molar-refractivity contribution in [2.75, 3.05) is 13.2 Å². The van der Waals surface area contributed by atoms with Gasteiger partial charge in [-0.15, -0.1) is 0 Å². The number of hydrogen-bond donors (Lipinski definition) is 1. The van der Waals surface area contributed by atoms with E-state index in [2.05, 4.69) is 37.4 Å². The molecule has 0 spiro atoms. The van der Waals surface area contributed by atoms with Crippen LogP contribution in [-0.4, -0.2) is 18.9 Å². The summed E-state index contributed by atoms with van der Waals surface area (Å²) in [4.78, 5) is 12.7. The fourth-order valence-corrected chi connectivity index (χ4v) is 4.98. The number of Topliss-reactive ketones (excluding diaryl/α,β-unsaturated/α-hetero) is 1. The first-order chi connectivity index (χ1) is 12.1. The fourth-order valence-electron chi connectivity index (χ4n) is 4.98. The number of benzene rings is 1. The van der Waals surface area contributed by atoms with E-state index < -0.39 is 0 Å². The summed E-state index contributed by atoms with van der Waals surface area (Å²) in [5.74, 6) is 2.25. The highest BCUT2D eigenvalue weighted by atomic mass is 16.5. The van der Waals surface area contributed by atoms with E-state index in [0.717, 1.165) is 23.4 Å². The standard InChI is InChI=1S/C22H27NO2/c1-15-5-3-9-22(2)19(15)12-21(24)18-8-7-17(11-20(18)22)25-14-16-6-4-10-23-13-16/h4,6-8,11,13,15,19,23H,3,5,9-10,12,14H2,1-2H3/t15?,19?,22-/m0/s1. The first-order valence-corrected chi connectivity index (χ1v) is 9.47. The molecule has 1 saturated carbocycles. The van der Waals surface area contributed by atoms with Gasteiger partial charge in [0, 0.05) is 30.3 Å². The number of dihydropyridines is 1. The van der Waals surface area contributed by atoms with Crippen molar-refractivity contribution in [1.82, 2.24) is 5.32 Å². The Morgan fingerprint density at radius 3 is 3.04 bits per heavy atom. The Labute approximate surface area is 150 Å². The van der Waals surface area contributed by atoms with Crippen LogP contribution >= 0.6 is 0 Å². The SMILES string of the molecule is CC1CCC[C@]2(C)c3cc(OCC4=CNCC=C4)ccc3C(=O)CC12. The van der Waals surface area contributed by atoms with Crippen molar-refractivity contribution in [3.8, 4) is 5.75 Å². The second-order valence-electron chi connectivity index (χ2n) is 8.05. The molecule has 0 aromatic heterocycles. The van der Waals surface area contributed by atoms with E-state index in [1.54, 1.807) is 0 Å². The molecule has 3 atom stereocenters. The number of rotatable bonds is 3. The van der Waals surface area contributed by atoms with Crippen LogP contribution in [0.15, 0.2) is 42.1 Å². The summed E-state index contributed by atoms with van der Waals surface area (Å²) < 4.78 is 6.03. The molecule has 2 aliphatic carbocycles. The first-order valence-electron chi connectivity index (χ1n) is 9.47. The Kier molecular flexibility index (Phi) is 4.18. The molecule has 0 amide bonds. The van der Waals surface area contributed by atoms with E-state index in [4.69, 9.17) is 4.74 Å². The molecule has 1 N–H and O–H groups in total. The van der Waals surface area contributed by atoms with Crippen LogP contribution in [0, 0.1) is 11.8 Å². The minimum atomic E-state index is 0.103. The molecule has 0 bridgehead atoms. The number of carbonyl (C=O) groups excluding carboxylic acids is 1. The number of hydrogen-bond acceptors (Lipinski definition) is 3. The number of ketones is 1. The average Bonchev–Trinajstić information content (AvgIpc) is 2.63. The first kappa shape index (κ1) is 16.4. The van der Waals surface area contributed by atoms with E-state index in [9.17, 15) is 4.79 Å². The quantitative estimate of drug-likeness (QED) is 0.889. The molecule has 132 valence electrons. The summed E-state index contributed by atoms with van der Waals surface area (Å²) in [7, 11) is 0. The summed E-state index contributed by atoms with van der Waals surface area (Å²) in [5, 5.41) is 3.20. The molecule has 1 heterocycles. The summed E-state index contributed by atoms with van der Waals surface area (Å²) >= 11 is 0. The number of fused-ring (bicyclic) bond motifs is 3. The van der Waals surface area contributed by atoms with E-state index in [1.165, 1.54) is 24.8 Å². The highest BCUT2D eigenvalue weighted by Gasteiger charge is 2.47. The van der Waals surface area contributed by atoms with E-state index in [1.807, 2.05) is 18.3 Å². The molecule has 3 aliphatic rings. The monoisotopic (exact) mass is 337 g/mol. The van der Waals surface area contributed by atoms with Crippen molar-refractivity contribution in [3.05, 3.63) is 53.3 Å². The lowest BCUT2D eigenvalue weighted by atomic mass is 9.55. The Balaban J connectivity index is 1.63. The average molecular weight is 337 g/mol. The maximum atomic E-state index is 12.7. The van der Waals surface area contributed by atoms with Crippen LogP contribution < -0.4 is 10.1 Å². The molecule has 0 saturated heterocycles. The van der Waals surface area contributed by atoms with Crippen LogP contribution in [0.1, 0.15) is 55.5 Å². The molecular weight excluding hydrogens is 310 g/mol. The predicted octanol–water partition coefficient (Wildman–Crippen LogP) is 4.39. The van der Waals surface area contributed by atoms with Gasteiger partial charge >= 0.3 is 0 Å². The zero-order chi connectivity index (χ0) is 17.4. The van der Waals surface area contributed by atoms with E-state index in [-0.39, 0.29) is 5.41 Å². The van der Waals surface area contributed by atoms with E-state index in [0.29, 0.717) is 30.6 Å². The third-order valence-electron chi connectivity index (χ3n) is 6.43. The van der Waals surface area contributed by atoms with Gasteiger partial charge in [0.25, 0.3) is 0 Å². The van der Waals surface area contributed by atoms with Gasteiger partial charge in [-0.2, -0.15) is 0 Å².